The summed E-state index contributed by atoms with van der Waals surface area (Å²) in [6, 6.07) is 5.27. The Hall–Kier alpha value is -1.75. The zero-order valence-electron chi connectivity index (χ0n) is 11.8. The Kier molecular flexibility index (Phi) is 5.82. The summed E-state index contributed by atoms with van der Waals surface area (Å²) < 4.78 is 0. The van der Waals surface area contributed by atoms with Gasteiger partial charge in [0.25, 0.3) is 0 Å². The topological polar surface area (TPSA) is 69.6 Å². The maximum atomic E-state index is 11.9. The highest BCUT2D eigenvalue weighted by Crippen LogP contribution is 2.32. The van der Waals surface area contributed by atoms with Crippen LogP contribution >= 0.6 is 11.6 Å². The number of carboxylic acids is 1. The van der Waals surface area contributed by atoms with E-state index in [1.807, 2.05) is 19.0 Å². The molecule has 5 nitrogen and oxygen atoms in total. The minimum atomic E-state index is -0.901. The lowest BCUT2D eigenvalue weighted by molar-refractivity contribution is -0.138. The Morgan fingerprint density at radius 3 is 2.55 bits per heavy atom. The normalized spacial score (nSPS) is 11.8. The number of rotatable bonds is 6. The van der Waals surface area contributed by atoms with E-state index in [-0.39, 0.29) is 24.7 Å². The molecule has 20 heavy (non-hydrogen) atoms. The minimum Gasteiger partial charge on any atom is -0.481 e. The second-order valence-electron chi connectivity index (χ2n) is 4.99. The second kappa shape index (κ2) is 7.14. The van der Waals surface area contributed by atoms with Crippen LogP contribution in [-0.4, -0.2) is 31.1 Å². The largest absolute Gasteiger partial charge is 0.481 e. The van der Waals surface area contributed by atoms with E-state index in [1.54, 1.807) is 25.1 Å². The molecule has 0 aliphatic rings. The van der Waals surface area contributed by atoms with Crippen LogP contribution in [0.5, 0.6) is 0 Å². The van der Waals surface area contributed by atoms with Crippen molar-refractivity contribution in [3.8, 4) is 0 Å². The Morgan fingerprint density at radius 1 is 1.35 bits per heavy atom. The van der Waals surface area contributed by atoms with E-state index >= 15 is 0 Å². The van der Waals surface area contributed by atoms with Crippen molar-refractivity contribution in [3.63, 3.8) is 0 Å². The molecule has 110 valence electrons. The third kappa shape index (κ3) is 4.74. The number of hydrogen-bond donors (Lipinski definition) is 2. The lowest BCUT2D eigenvalue weighted by Crippen LogP contribution is -2.19. The molecule has 2 N–H and O–H groups in total. The molecule has 0 bridgehead atoms. The number of hydrogen-bond acceptors (Lipinski definition) is 3. The van der Waals surface area contributed by atoms with Gasteiger partial charge in [0.05, 0.1) is 16.4 Å². The number of anilines is 2. The standard InChI is InChI=1S/C14H19ClN2O3/c1-9(8-13(19)20)7-12(18)16-11-6-4-5-10(15)14(11)17(2)3/h4-6,9H,7-8H2,1-3H3,(H,16,18)(H,19,20). The van der Waals surface area contributed by atoms with Gasteiger partial charge in [0.1, 0.15) is 0 Å². The summed E-state index contributed by atoms with van der Waals surface area (Å²) >= 11 is 6.11. The van der Waals surface area contributed by atoms with Crippen LogP contribution in [0, 0.1) is 5.92 Å². The summed E-state index contributed by atoms with van der Waals surface area (Å²) in [5.41, 5.74) is 1.35. The molecule has 0 fully saturated rings. The third-order valence-corrected chi connectivity index (χ3v) is 3.07. The fourth-order valence-corrected chi connectivity index (χ4v) is 2.30. The third-order valence-electron chi connectivity index (χ3n) is 2.77. The molecule has 1 atom stereocenters. The van der Waals surface area contributed by atoms with Crippen molar-refractivity contribution in [2.24, 2.45) is 5.92 Å². The molecular weight excluding hydrogens is 280 g/mol. The van der Waals surface area contributed by atoms with Crippen LogP contribution in [-0.2, 0) is 9.59 Å². The lowest BCUT2D eigenvalue weighted by Gasteiger charge is -2.19. The van der Waals surface area contributed by atoms with Crippen LogP contribution in [0.4, 0.5) is 11.4 Å². The predicted molar refractivity (Wildman–Crippen MR) is 80.4 cm³/mol. The first-order valence-corrected chi connectivity index (χ1v) is 6.66. The molecule has 1 rings (SSSR count). The minimum absolute atomic E-state index is 0.0243. The first-order valence-electron chi connectivity index (χ1n) is 6.28. The Balaban J connectivity index is 2.76. The number of nitrogens with zero attached hydrogens (tertiary/aromatic N) is 1. The van der Waals surface area contributed by atoms with Gasteiger partial charge in [0.15, 0.2) is 0 Å². The first-order chi connectivity index (χ1) is 9.31. The smallest absolute Gasteiger partial charge is 0.303 e. The quantitative estimate of drug-likeness (QED) is 0.847. The van der Waals surface area contributed by atoms with E-state index < -0.39 is 5.97 Å². The Morgan fingerprint density at radius 2 is 2.00 bits per heavy atom. The number of amides is 1. The summed E-state index contributed by atoms with van der Waals surface area (Å²) in [5, 5.41) is 12.0. The fourth-order valence-electron chi connectivity index (χ4n) is 1.96. The lowest BCUT2D eigenvalue weighted by atomic mass is 10.0. The van der Waals surface area contributed by atoms with Crippen LogP contribution < -0.4 is 10.2 Å². The molecule has 0 saturated heterocycles. The molecule has 1 amide bonds. The van der Waals surface area contributed by atoms with Gasteiger partial charge in [0.2, 0.25) is 5.91 Å². The van der Waals surface area contributed by atoms with Crippen molar-refractivity contribution < 1.29 is 14.7 Å². The van der Waals surface area contributed by atoms with Crippen molar-refractivity contribution in [2.75, 3.05) is 24.3 Å². The zero-order valence-corrected chi connectivity index (χ0v) is 12.6. The molecule has 0 saturated carbocycles. The van der Waals surface area contributed by atoms with Gasteiger partial charge in [-0.05, 0) is 18.1 Å². The van der Waals surface area contributed by atoms with Gasteiger partial charge in [-0.25, -0.2) is 0 Å². The van der Waals surface area contributed by atoms with Crippen LogP contribution in [0.3, 0.4) is 0 Å². The molecule has 1 unspecified atom stereocenters. The number of para-hydroxylation sites is 1. The van der Waals surface area contributed by atoms with Gasteiger partial charge in [-0.3, -0.25) is 9.59 Å². The molecule has 0 heterocycles. The second-order valence-corrected chi connectivity index (χ2v) is 5.39. The fraction of sp³-hybridized carbons (Fsp3) is 0.429. The molecule has 0 aliphatic carbocycles. The van der Waals surface area contributed by atoms with Crippen LogP contribution in [0.2, 0.25) is 5.02 Å². The summed E-state index contributed by atoms with van der Waals surface area (Å²) in [7, 11) is 3.67. The summed E-state index contributed by atoms with van der Waals surface area (Å²) in [6.07, 6.45) is 0.134. The summed E-state index contributed by atoms with van der Waals surface area (Å²) in [4.78, 5) is 24.3. The predicted octanol–water partition coefficient (Wildman–Crippen LogP) is 2.85. The van der Waals surface area contributed by atoms with Gasteiger partial charge >= 0.3 is 5.97 Å². The molecule has 6 heteroatoms. The number of nitrogens with one attached hydrogen (secondary N) is 1. The summed E-state index contributed by atoms with van der Waals surface area (Å²) in [5.74, 6) is -1.33. The van der Waals surface area contributed by atoms with Crippen molar-refractivity contribution >= 4 is 34.9 Å². The van der Waals surface area contributed by atoms with E-state index in [0.717, 1.165) is 5.69 Å². The van der Waals surface area contributed by atoms with E-state index in [1.165, 1.54) is 0 Å². The zero-order chi connectivity index (χ0) is 15.3. The van der Waals surface area contributed by atoms with Crippen molar-refractivity contribution in [1.82, 2.24) is 0 Å². The van der Waals surface area contributed by atoms with Gasteiger partial charge in [-0.1, -0.05) is 24.6 Å². The number of halogens is 1. The first kappa shape index (κ1) is 16.3. The molecular formula is C14H19ClN2O3. The number of aliphatic carboxylic acids is 1. The van der Waals surface area contributed by atoms with E-state index in [0.29, 0.717) is 10.7 Å². The van der Waals surface area contributed by atoms with Gasteiger partial charge in [0, 0.05) is 26.9 Å². The monoisotopic (exact) mass is 298 g/mol. The van der Waals surface area contributed by atoms with Gasteiger partial charge in [-0.2, -0.15) is 0 Å². The molecule has 0 radical (unpaired) electrons. The van der Waals surface area contributed by atoms with Crippen LogP contribution in [0.1, 0.15) is 19.8 Å². The number of carbonyl (C=O) groups excluding carboxylic acids is 1. The highest BCUT2D eigenvalue weighted by molar-refractivity contribution is 6.34. The maximum absolute atomic E-state index is 11.9. The highest BCUT2D eigenvalue weighted by atomic mass is 35.5. The number of benzene rings is 1. The molecule has 0 aliphatic heterocycles. The van der Waals surface area contributed by atoms with Crippen molar-refractivity contribution in [3.05, 3.63) is 23.2 Å². The molecule has 1 aromatic rings. The Labute approximate surface area is 123 Å². The Bertz CT molecular complexity index is 503. The SMILES string of the molecule is CC(CC(=O)O)CC(=O)Nc1cccc(Cl)c1N(C)C. The van der Waals surface area contributed by atoms with E-state index in [4.69, 9.17) is 16.7 Å². The molecule has 0 spiro atoms. The van der Waals surface area contributed by atoms with Crippen molar-refractivity contribution in [2.45, 2.75) is 19.8 Å². The van der Waals surface area contributed by atoms with Crippen molar-refractivity contribution in [1.29, 1.82) is 0 Å². The average Bonchev–Trinajstić information content (AvgIpc) is 2.26. The average molecular weight is 299 g/mol. The van der Waals surface area contributed by atoms with Gasteiger partial charge in [-0.15, -0.1) is 0 Å². The van der Waals surface area contributed by atoms with Gasteiger partial charge < -0.3 is 15.3 Å². The summed E-state index contributed by atoms with van der Waals surface area (Å²) in [6.45, 7) is 1.73. The maximum Gasteiger partial charge on any atom is 0.303 e. The number of carboxylic acid groups (broad SMARTS) is 1. The number of carbonyl (C=O) groups is 2. The van der Waals surface area contributed by atoms with E-state index in [2.05, 4.69) is 5.32 Å². The van der Waals surface area contributed by atoms with Crippen LogP contribution in [0.15, 0.2) is 18.2 Å². The molecule has 0 aromatic heterocycles. The van der Waals surface area contributed by atoms with Crippen LogP contribution in [0.25, 0.3) is 0 Å². The molecule has 1 aromatic carbocycles. The highest BCUT2D eigenvalue weighted by Gasteiger charge is 2.15. The van der Waals surface area contributed by atoms with E-state index in [9.17, 15) is 9.59 Å².